The second kappa shape index (κ2) is 12.6. The molecule has 1 saturated heterocycles. The molecule has 3 aromatic rings. The highest BCUT2D eigenvalue weighted by molar-refractivity contribution is 6.33. The first-order valence-electron chi connectivity index (χ1n) is 12.8. The predicted octanol–water partition coefficient (Wildman–Crippen LogP) is 7.48. The molecule has 1 aliphatic heterocycles. The number of methoxy groups -OCH3 is 1. The third-order valence-corrected chi connectivity index (χ3v) is 7.36. The van der Waals surface area contributed by atoms with Crippen LogP contribution in [0.15, 0.2) is 77.8 Å². The van der Waals surface area contributed by atoms with Gasteiger partial charge in [-0.2, -0.15) is 26.3 Å². The van der Waals surface area contributed by atoms with Crippen LogP contribution in [0.3, 0.4) is 0 Å². The summed E-state index contributed by atoms with van der Waals surface area (Å²) in [5.74, 6) is -2.57. The molecule has 3 aromatic carbocycles. The van der Waals surface area contributed by atoms with Gasteiger partial charge in [-0.3, -0.25) is 14.6 Å². The summed E-state index contributed by atoms with van der Waals surface area (Å²) >= 11 is 6.13. The molecule has 6 nitrogen and oxygen atoms in total. The third kappa shape index (κ3) is 7.42. The maximum Gasteiger partial charge on any atom is 0.429 e. The Kier molecular flexibility index (Phi) is 9.29. The predicted molar refractivity (Wildman–Crippen MR) is 148 cm³/mol. The van der Waals surface area contributed by atoms with Crippen LogP contribution >= 0.6 is 11.6 Å². The van der Waals surface area contributed by atoms with Crippen molar-refractivity contribution in [2.45, 2.75) is 24.7 Å². The van der Waals surface area contributed by atoms with Crippen molar-refractivity contribution in [3.63, 3.8) is 0 Å². The monoisotopic (exact) mass is 623 g/mol. The van der Waals surface area contributed by atoms with Crippen LogP contribution in [0.4, 0.5) is 32.0 Å². The minimum Gasteiger partial charge on any atom is -0.469 e. The average Bonchev–Trinajstić information content (AvgIpc) is 3.42. The van der Waals surface area contributed by atoms with Gasteiger partial charge in [0, 0.05) is 31.0 Å². The normalized spacial score (nSPS) is 17.6. The molecule has 2 atom stereocenters. The van der Waals surface area contributed by atoms with E-state index in [-0.39, 0.29) is 40.6 Å². The number of hydrogen-bond donors (Lipinski definition) is 1. The van der Waals surface area contributed by atoms with E-state index >= 15 is 0 Å². The number of carbonyl (C=O) groups is 2. The topological polar surface area (TPSA) is 82.8 Å². The van der Waals surface area contributed by atoms with Crippen molar-refractivity contribution in [1.82, 2.24) is 4.90 Å². The van der Waals surface area contributed by atoms with Gasteiger partial charge in [-0.15, -0.1) is 0 Å². The van der Waals surface area contributed by atoms with E-state index in [0.717, 1.165) is 12.1 Å². The van der Waals surface area contributed by atoms with E-state index in [1.54, 1.807) is 12.1 Å². The first kappa shape index (κ1) is 31.7. The van der Waals surface area contributed by atoms with Gasteiger partial charge < -0.3 is 15.0 Å². The van der Waals surface area contributed by atoms with Gasteiger partial charge in [0.15, 0.2) is 0 Å². The van der Waals surface area contributed by atoms with Crippen LogP contribution in [0.1, 0.15) is 39.4 Å². The molecule has 0 bridgehead atoms. The number of esters is 1. The second-order valence-corrected chi connectivity index (χ2v) is 10.2. The number of nitrogens with zero attached hydrogens (tertiary/aromatic N) is 2. The summed E-state index contributed by atoms with van der Waals surface area (Å²) < 4.78 is 83.5. The third-order valence-electron chi connectivity index (χ3n) is 7.04. The van der Waals surface area contributed by atoms with E-state index in [2.05, 4.69) is 4.99 Å². The number of benzene rings is 3. The summed E-state index contributed by atoms with van der Waals surface area (Å²) in [7, 11) is 1.18. The van der Waals surface area contributed by atoms with Gasteiger partial charge in [-0.25, -0.2) is 0 Å². The van der Waals surface area contributed by atoms with E-state index in [9.17, 15) is 35.9 Å². The standard InChI is InChI=1S/C30H24ClF6N3O3/c1-43-28(42)22-16-40(15-21(22)17-10-12-20(13-11-17)29(32,33)34)27(41)19-8-6-18(7-9-19)25(14-26(38)30(35,36)37)39-24-5-3-2-4-23(24)31/h2-13,21-22,38H,14-16H2,1H3/t21-,22+/m0/s1. The minimum atomic E-state index is -4.87. The molecular weight excluding hydrogens is 600 g/mol. The van der Waals surface area contributed by atoms with Crippen molar-refractivity contribution in [3.05, 3.63) is 100 Å². The number of para-hydroxylation sites is 1. The van der Waals surface area contributed by atoms with E-state index in [0.29, 0.717) is 5.56 Å². The van der Waals surface area contributed by atoms with E-state index < -0.39 is 53.8 Å². The van der Waals surface area contributed by atoms with Crippen LogP contribution in [0.25, 0.3) is 0 Å². The molecule has 1 amide bonds. The van der Waals surface area contributed by atoms with E-state index in [4.69, 9.17) is 21.7 Å². The molecule has 0 aliphatic carbocycles. The zero-order valence-corrected chi connectivity index (χ0v) is 23.2. The summed E-state index contributed by atoms with van der Waals surface area (Å²) in [6.45, 7) is -0.0332. The van der Waals surface area contributed by atoms with Crippen molar-refractivity contribution < 1.29 is 40.7 Å². The lowest BCUT2D eigenvalue weighted by Crippen LogP contribution is -2.30. The van der Waals surface area contributed by atoms with Crippen LogP contribution in [-0.4, -0.2) is 54.6 Å². The van der Waals surface area contributed by atoms with Crippen molar-refractivity contribution in [2.75, 3.05) is 20.2 Å². The molecule has 1 N–H and O–H groups in total. The Bertz CT molecular complexity index is 1540. The number of halogens is 7. The Morgan fingerprint density at radius 2 is 1.53 bits per heavy atom. The molecule has 1 aliphatic rings. The Balaban J connectivity index is 1.59. The first-order chi connectivity index (χ1) is 20.2. The number of likely N-dealkylation sites (tertiary alicyclic amines) is 1. The number of amides is 1. The number of carbonyl (C=O) groups excluding carboxylic acids is 2. The number of hydrogen-bond acceptors (Lipinski definition) is 5. The van der Waals surface area contributed by atoms with Crippen LogP contribution in [-0.2, 0) is 15.7 Å². The van der Waals surface area contributed by atoms with Crippen molar-refractivity contribution in [1.29, 1.82) is 5.41 Å². The van der Waals surface area contributed by atoms with Gasteiger partial charge in [-0.05, 0) is 47.5 Å². The summed E-state index contributed by atoms with van der Waals surface area (Å²) in [5.41, 5.74) is -1.44. The quantitative estimate of drug-likeness (QED) is 0.168. The highest BCUT2D eigenvalue weighted by atomic mass is 35.5. The molecule has 0 saturated carbocycles. The molecule has 0 spiro atoms. The maximum absolute atomic E-state index is 13.4. The van der Waals surface area contributed by atoms with Crippen LogP contribution in [0.2, 0.25) is 5.02 Å². The van der Waals surface area contributed by atoms with Crippen molar-refractivity contribution in [2.24, 2.45) is 10.9 Å². The Morgan fingerprint density at radius 1 is 0.930 bits per heavy atom. The van der Waals surface area contributed by atoms with Crippen LogP contribution in [0, 0.1) is 11.3 Å². The molecular formula is C30H24ClF6N3O3. The minimum absolute atomic E-state index is 0.0215. The zero-order chi connectivity index (χ0) is 31.5. The van der Waals surface area contributed by atoms with Gasteiger partial charge in [0.2, 0.25) is 0 Å². The van der Waals surface area contributed by atoms with Gasteiger partial charge >= 0.3 is 18.3 Å². The molecule has 1 heterocycles. The fraction of sp³-hybridized carbons (Fsp3) is 0.267. The number of rotatable bonds is 7. The van der Waals surface area contributed by atoms with Gasteiger partial charge in [0.05, 0.1) is 35.0 Å². The summed E-state index contributed by atoms with van der Waals surface area (Å²) in [4.78, 5) is 31.5. The summed E-state index contributed by atoms with van der Waals surface area (Å²) in [5, 5.41) is 7.67. The largest absolute Gasteiger partial charge is 0.469 e. The molecule has 226 valence electrons. The van der Waals surface area contributed by atoms with E-state index in [1.807, 2.05) is 0 Å². The molecule has 0 radical (unpaired) electrons. The summed E-state index contributed by atoms with van der Waals surface area (Å²) in [6.07, 6.45) is -10.2. The smallest absolute Gasteiger partial charge is 0.429 e. The lowest BCUT2D eigenvalue weighted by atomic mass is 9.88. The molecule has 1 fully saturated rings. The first-order valence-corrected chi connectivity index (χ1v) is 13.2. The van der Waals surface area contributed by atoms with Crippen LogP contribution in [0.5, 0.6) is 0 Å². The second-order valence-electron chi connectivity index (χ2n) is 9.81. The lowest BCUT2D eigenvalue weighted by molar-refractivity contribution is -0.145. The fourth-order valence-corrected chi connectivity index (χ4v) is 4.94. The molecule has 13 heteroatoms. The van der Waals surface area contributed by atoms with Crippen molar-refractivity contribution >= 4 is 40.6 Å². The van der Waals surface area contributed by atoms with Gasteiger partial charge in [0.25, 0.3) is 5.91 Å². The van der Waals surface area contributed by atoms with Crippen LogP contribution < -0.4 is 0 Å². The number of nitrogens with one attached hydrogen (secondary N) is 1. The molecule has 43 heavy (non-hydrogen) atoms. The van der Waals surface area contributed by atoms with Crippen molar-refractivity contribution in [3.8, 4) is 0 Å². The summed E-state index contributed by atoms with van der Waals surface area (Å²) in [6, 6.07) is 16.2. The average molecular weight is 624 g/mol. The van der Waals surface area contributed by atoms with Gasteiger partial charge in [-0.1, -0.05) is 48.0 Å². The molecule has 0 unspecified atom stereocenters. The number of alkyl halides is 6. The Labute approximate surface area is 247 Å². The Morgan fingerprint density at radius 3 is 2.09 bits per heavy atom. The maximum atomic E-state index is 13.4. The number of ether oxygens (including phenoxy) is 1. The molecule has 4 rings (SSSR count). The fourth-order valence-electron chi connectivity index (χ4n) is 4.77. The molecule has 0 aromatic heterocycles. The highest BCUT2D eigenvalue weighted by Gasteiger charge is 2.42. The highest BCUT2D eigenvalue weighted by Crippen LogP contribution is 2.37. The van der Waals surface area contributed by atoms with Gasteiger partial charge in [0.1, 0.15) is 5.71 Å². The Hall–Kier alpha value is -4.19. The lowest BCUT2D eigenvalue weighted by Gasteiger charge is -2.18. The van der Waals surface area contributed by atoms with E-state index in [1.165, 1.54) is 60.5 Å². The number of aliphatic imine (C=N–C) groups is 1. The SMILES string of the molecule is COC(=O)[C@@H]1CN(C(=O)c2ccc(C(CC(=N)C(F)(F)F)=Nc3ccccc3Cl)cc2)C[C@H]1c1ccc(C(F)(F)F)cc1. The zero-order valence-electron chi connectivity index (χ0n) is 22.5.